The summed E-state index contributed by atoms with van der Waals surface area (Å²) in [5.74, 6) is -0.0955. The average Bonchev–Trinajstić information content (AvgIpc) is 2.65. The second-order valence-electron chi connectivity index (χ2n) is 5.49. The zero-order valence-electron chi connectivity index (χ0n) is 14.7. The van der Waals surface area contributed by atoms with Gasteiger partial charge in [0.05, 0.1) is 20.3 Å². The number of nitrogens with one attached hydrogen (secondary N) is 1. The number of carbonyl (C=O) groups excluding carboxylic acids is 2. The molecule has 0 fully saturated rings. The van der Waals surface area contributed by atoms with Crippen LogP contribution in [-0.4, -0.2) is 32.7 Å². The van der Waals surface area contributed by atoms with Crippen LogP contribution in [0.15, 0.2) is 42.5 Å². The zero-order valence-corrected chi connectivity index (χ0v) is 15.5. The molecule has 0 aromatic heterocycles. The van der Waals surface area contributed by atoms with E-state index in [1.54, 1.807) is 13.2 Å². The zero-order chi connectivity index (χ0) is 19.1. The number of amides is 1. The summed E-state index contributed by atoms with van der Waals surface area (Å²) in [5, 5.41) is 3.20. The first-order chi connectivity index (χ1) is 12.4. The highest BCUT2D eigenvalue weighted by molar-refractivity contribution is 6.30. The van der Waals surface area contributed by atoms with Gasteiger partial charge in [0, 0.05) is 5.02 Å². The summed E-state index contributed by atoms with van der Waals surface area (Å²) in [5.41, 5.74) is 1.08. The molecule has 1 atom stereocenters. The van der Waals surface area contributed by atoms with Crippen LogP contribution in [0, 0.1) is 0 Å². The summed E-state index contributed by atoms with van der Waals surface area (Å²) in [4.78, 5) is 24.2. The number of ether oxygens (including phenoxy) is 3. The molecule has 0 aliphatic rings. The number of benzene rings is 2. The Morgan fingerprint density at radius 3 is 2.58 bits per heavy atom. The molecule has 0 saturated heterocycles. The van der Waals surface area contributed by atoms with E-state index in [0.29, 0.717) is 10.8 Å². The maximum Gasteiger partial charge on any atom is 0.342 e. The van der Waals surface area contributed by atoms with Crippen molar-refractivity contribution in [3.63, 3.8) is 0 Å². The van der Waals surface area contributed by atoms with Crippen molar-refractivity contribution in [2.24, 2.45) is 0 Å². The van der Waals surface area contributed by atoms with Crippen LogP contribution in [0.1, 0.15) is 28.9 Å². The lowest BCUT2D eigenvalue weighted by atomic mass is 10.1. The third kappa shape index (κ3) is 5.13. The molecule has 0 aliphatic heterocycles. The van der Waals surface area contributed by atoms with Gasteiger partial charge in [-0.1, -0.05) is 23.7 Å². The van der Waals surface area contributed by atoms with Gasteiger partial charge in [0.25, 0.3) is 5.91 Å². The first-order valence-corrected chi connectivity index (χ1v) is 8.26. The van der Waals surface area contributed by atoms with Crippen LogP contribution in [0.2, 0.25) is 5.02 Å². The van der Waals surface area contributed by atoms with Crippen molar-refractivity contribution < 1.29 is 23.8 Å². The molecule has 0 spiro atoms. The molecule has 7 heteroatoms. The molecule has 0 saturated carbocycles. The number of hydrogen-bond acceptors (Lipinski definition) is 5. The SMILES string of the molecule is COc1cccc([C@@H](C)NC(=O)COC(=O)c2ccc(Cl)cc2OC)c1. The molecule has 0 radical (unpaired) electrons. The maximum atomic E-state index is 12.1. The van der Waals surface area contributed by atoms with E-state index in [-0.39, 0.29) is 17.4 Å². The maximum absolute atomic E-state index is 12.1. The van der Waals surface area contributed by atoms with Gasteiger partial charge in [0.2, 0.25) is 0 Å². The largest absolute Gasteiger partial charge is 0.497 e. The van der Waals surface area contributed by atoms with E-state index in [4.69, 9.17) is 25.8 Å². The summed E-state index contributed by atoms with van der Waals surface area (Å²) in [6.07, 6.45) is 0. The van der Waals surface area contributed by atoms with Gasteiger partial charge in [-0.3, -0.25) is 4.79 Å². The molecular formula is C19H20ClNO5. The van der Waals surface area contributed by atoms with Gasteiger partial charge in [-0.2, -0.15) is 0 Å². The Bertz CT molecular complexity index is 793. The highest BCUT2D eigenvalue weighted by atomic mass is 35.5. The molecule has 2 aromatic rings. The molecule has 0 unspecified atom stereocenters. The molecule has 138 valence electrons. The third-order valence-electron chi connectivity index (χ3n) is 3.69. The predicted octanol–water partition coefficient (Wildman–Crippen LogP) is 3.39. The van der Waals surface area contributed by atoms with Crippen molar-refractivity contribution in [1.29, 1.82) is 0 Å². The van der Waals surface area contributed by atoms with Crippen molar-refractivity contribution >= 4 is 23.5 Å². The lowest BCUT2D eigenvalue weighted by molar-refractivity contribution is -0.124. The minimum Gasteiger partial charge on any atom is -0.497 e. The molecular weight excluding hydrogens is 358 g/mol. The van der Waals surface area contributed by atoms with Gasteiger partial charge in [-0.15, -0.1) is 0 Å². The molecule has 0 aliphatic carbocycles. The van der Waals surface area contributed by atoms with Gasteiger partial charge in [-0.25, -0.2) is 4.79 Å². The van der Waals surface area contributed by atoms with Crippen molar-refractivity contribution in [2.45, 2.75) is 13.0 Å². The van der Waals surface area contributed by atoms with Crippen molar-refractivity contribution in [3.05, 3.63) is 58.6 Å². The van der Waals surface area contributed by atoms with Crippen molar-refractivity contribution in [3.8, 4) is 11.5 Å². The normalized spacial score (nSPS) is 11.4. The van der Waals surface area contributed by atoms with Gasteiger partial charge in [0.15, 0.2) is 6.61 Å². The van der Waals surface area contributed by atoms with Crippen molar-refractivity contribution in [2.75, 3.05) is 20.8 Å². The Hall–Kier alpha value is -2.73. The predicted molar refractivity (Wildman–Crippen MR) is 97.8 cm³/mol. The van der Waals surface area contributed by atoms with Crippen LogP contribution in [-0.2, 0) is 9.53 Å². The minimum absolute atomic E-state index is 0.200. The number of halogens is 1. The fourth-order valence-corrected chi connectivity index (χ4v) is 2.48. The Labute approximate surface area is 157 Å². The molecule has 0 bridgehead atoms. The Morgan fingerprint density at radius 1 is 1.12 bits per heavy atom. The van der Waals surface area contributed by atoms with Gasteiger partial charge in [0.1, 0.15) is 17.1 Å². The third-order valence-corrected chi connectivity index (χ3v) is 3.92. The number of rotatable bonds is 7. The fraction of sp³-hybridized carbons (Fsp3) is 0.263. The van der Waals surface area contributed by atoms with E-state index < -0.39 is 18.5 Å². The smallest absolute Gasteiger partial charge is 0.342 e. The van der Waals surface area contributed by atoms with E-state index in [1.807, 2.05) is 31.2 Å². The molecule has 6 nitrogen and oxygen atoms in total. The van der Waals surface area contributed by atoms with Gasteiger partial charge >= 0.3 is 5.97 Å². The average molecular weight is 378 g/mol. The van der Waals surface area contributed by atoms with E-state index in [0.717, 1.165) is 5.56 Å². The quantitative estimate of drug-likeness (QED) is 0.748. The summed E-state index contributed by atoms with van der Waals surface area (Å²) >= 11 is 5.86. The van der Waals surface area contributed by atoms with Crippen molar-refractivity contribution in [1.82, 2.24) is 5.32 Å². The molecule has 1 amide bonds. The minimum atomic E-state index is -0.664. The van der Waals surface area contributed by atoms with Crippen LogP contribution in [0.4, 0.5) is 0 Å². The first-order valence-electron chi connectivity index (χ1n) is 7.88. The number of esters is 1. The fourth-order valence-electron chi connectivity index (χ4n) is 2.32. The van der Waals surface area contributed by atoms with Crippen LogP contribution < -0.4 is 14.8 Å². The number of hydrogen-bond donors (Lipinski definition) is 1. The monoisotopic (exact) mass is 377 g/mol. The van der Waals surface area contributed by atoms with Crippen LogP contribution in [0.25, 0.3) is 0 Å². The molecule has 1 N–H and O–H groups in total. The molecule has 2 aromatic carbocycles. The number of carbonyl (C=O) groups is 2. The summed E-state index contributed by atoms with van der Waals surface area (Å²) in [7, 11) is 3.00. The van der Waals surface area contributed by atoms with Crippen LogP contribution in [0.5, 0.6) is 11.5 Å². The Balaban J connectivity index is 1.93. The number of methoxy groups -OCH3 is 2. The lowest BCUT2D eigenvalue weighted by Crippen LogP contribution is -2.31. The molecule has 2 rings (SSSR count). The molecule has 26 heavy (non-hydrogen) atoms. The van der Waals surface area contributed by atoms with Crippen LogP contribution >= 0.6 is 11.6 Å². The van der Waals surface area contributed by atoms with Crippen LogP contribution in [0.3, 0.4) is 0 Å². The Morgan fingerprint density at radius 2 is 1.88 bits per heavy atom. The molecule has 0 heterocycles. The summed E-state index contributed by atoms with van der Waals surface area (Å²) in [6.45, 7) is 1.43. The highest BCUT2D eigenvalue weighted by Gasteiger charge is 2.17. The highest BCUT2D eigenvalue weighted by Crippen LogP contribution is 2.24. The van der Waals surface area contributed by atoms with Gasteiger partial charge in [-0.05, 0) is 42.8 Å². The van der Waals surface area contributed by atoms with E-state index in [9.17, 15) is 9.59 Å². The topological polar surface area (TPSA) is 73.9 Å². The lowest BCUT2D eigenvalue weighted by Gasteiger charge is -2.15. The van der Waals surface area contributed by atoms with E-state index in [1.165, 1.54) is 19.2 Å². The standard InChI is InChI=1S/C19H20ClNO5/c1-12(13-5-4-6-15(9-13)24-2)21-18(22)11-26-19(23)16-8-7-14(20)10-17(16)25-3/h4-10,12H,11H2,1-3H3,(H,21,22)/t12-/m1/s1. The Kier molecular flexibility index (Phi) is 6.86. The first kappa shape index (κ1) is 19.6. The summed E-state index contributed by atoms with van der Waals surface area (Å²) in [6, 6.07) is 11.6. The van der Waals surface area contributed by atoms with Gasteiger partial charge < -0.3 is 19.5 Å². The van der Waals surface area contributed by atoms with E-state index >= 15 is 0 Å². The van der Waals surface area contributed by atoms with E-state index in [2.05, 4.69) is 5.32 Å². The summed E-state index contributed by atoms with van der Waals surface area (Å²) < 4.78 is 15.3. The second-order valence-corrected chi connectivity index (χ2v) is 5.92. The second kappa shape index (κ2) is 9.10.